The number of amides is 2. The molecule has 1 fully saturated rings. The van der Waals surface area contributed by atoms with Crippen LogP contribution in [0.4, 0.5) is 4.39 Å². The second kappa shape index (κ2) is 8.26. The standard InChI is InChI=1S/C16H21ClFN3O2/c1-2-20-8-10-21(11-9-20)14(22)6-7-19-16(23)15-12(17)4-3-5-13(15)18/h3-5H,2,6-11H2,1H3,(H,19,23). The Morgan fingerprint density at radius 3 is 2.57 bits per heavy atom. The molecule has 0 aromatic heterocycles. The molecule has 1 aliphatic rings. The van der Waals surface area contributed by atoms with Crippen molar-refractivity contribution in [2.45, 2.75) is 13.3 Å². The summed E-state index contributed by atoms with van der Waals surface area (Å²) < 4.78 is 13.6. The highest BCUT2D eigenvalue weighted by atomic mass is 35.5. The second-order valence-electron chi connectivity index (χ2n) is 5.42. The number of hydrogen-bond acceptors (Lipinski definition) is 3. The zero-order chi connectivity index (χ0) is 16.8. The zero-order valence-electron chi connectivity index (χ0n) is 13.1. The van der Waals surface area contributed by atoms with Gasteiger partial charge in [0, 0.05) is 39.1 Å². The minimum Gasteiger partial charge on any atom is -0.351 e. The first kappa shape index (κ1) is 17.7. The van der Waals surface area contributed by atoms with E-state index in [1.807, 2.05) is 0 Å². The van der Waals surface area contributed by atoms with Gasteiger partial charge in [0.05, 0.1) is 10.6 Å². The summed E-state index contributed by atoms with van der Waals surface area (Å²) in [4.78, 5) is 28.1. The number of hydrogen-bond donors (Lipinski definition) is 1. The van der Waals surface area contributed by atoms with Crippen LogP contribution < -0.4 is 5.32 Å². The molecule has 1 N–H and O–H groups in total. The van der Waals surface area contributed by atoms with Gasteiger partial charge in [-0.25, -0.2) is 4.39 Å². The van der Waals surface area contributed by atoms with Crippen LogP contribution in [0, 0.1) is 5.82 Å². The fourth-order valence-corrected chi connectivity index (χ4v) is 2.81. The number of carbonyl (C=O) groups is 2. The van der Waals surface area contributed by atoms with E-state index < -0.39 is 11.7 Å². The number of carbonyl (C=O) groups excluding carboxylic acids is 2. The molecule has 0 unspecified atom stereocenters. The van der Waals surface area contributed by atoms with E-state index in [0.717, 1.165) is 19.6 Å². The van der Waals surface area contributed by atoms with Crippen LogP contribution in [0.15, 0.2) is 18.2 Å². The maximum atomic E-state index is 13.6. The Bertz CT molecular complexity index is 554. The van der Waals surface area contributed by atoms with Gasteiger partial charge < -0.3 is 15.1 Å². The van der Waals surface area contributed by atoms with E-state index in [1.165, 1.54) is 18.2 Å². The Kier molecular flexibility index (Phi) is 6.36. The molecule has 0 spiro atoms. The summed E-state index contributed by atoms with van der Waals surface area (Å²) in [6.45, 7) is 6.41. The normalized spacial score (nSPS) is 15.5. The maximum absolute atomic E-state index is 13.6. The van der Waals surface area contributed by atoms with Crippen molar-refractivity contribution < 1.29 is 14.0 Å². The summed E-state index contributed by atoms with van der Waals surface area (Å²) in [5.74, 6) is -1.27. The van der Waals surface area contributed by atoms with Gasteiger partial charge in [0.2, 0.25) is 5.91 Å². The number of benzene rings is 1. The van der Waals surface area contributed by atoms with Crippen molar-refractivity contribution in [2.75, 3.05) is 39.3 Å². The average Bonchev–Trinajstić information content (AvgIpc) is 2.54. The number of halogens is 2. The van der Waals surface area contributed by atoms with Gasteiger partial charge in [-0.1, -0.05) is 24.6 Å². The van der Waals surface area contributed by atoms with E-state index in [2.05, 4.69) is 17.1 Å². The topological polar surface area (TPSA) is 52.6 Å². The molecule has 0 saturated carbocycles. The molecule has 0 aliphatic carbocycles. The van der Waals surface area contributed by atoms with Crippen LogP contribution in [-0.2, 0) is 4.79 Å². The molecule has 0 radical (unpaired) electrons. The van der Waals surface area contributed by atoms with Gasteiger partial charge in [0.1, 0.15) is 5.82 Å². The summed E-state index contributed by atoms with van der Waals surface area (Å²) in [5, 5.41) is 2.61. The Balaban J connectivity index is 1.79. The second-order valence-corrected chi connectivity index (χ2v) is 5.82. The molecule has 126 valence electrons. The molecule has 23 heavy (non-hydrogen) atoms. The molecule has 1 heterocycles. The van der Waals surface area contributed by atoms with Crippen molar-refractivity contribution in [3.05, 3.63) is 34.6 Å². The first-order valence-electron chi connectivity index (χ1n) is 7.75. The summed E-state index contributed by atoms with van der Waals surface area (Å²) in [6, 6.07) is 4.07. The monoisotopic (exact) mass is 341 g/mol. The maximum Gasteiger partial charge on any atom is 0.255 e. The summed E-state index contributed by atoms with van der Waals surface area (Å²) >= 11 is 5.83. The molecule has 7 heteroatoms. The fraction of sp³-hybridized carbons (Fsp3) is 0.500. The van der Waals surface area contributed by atoms with Crippen LogP contribution in [0.2, 0.25) is 5.02 Å². The third-order valence-corrected chi connectivity index (χ3v) is 4.30. The molecule has 5 nitrogen and oxygen atoms in total. The highest BCUT2D eigenvalue weighted by molar-refractivity contribution is 6.33. The van der Waals surface area contributed by atoms with Crippen LogP contribution in [0.3, 0.4) is 0 Å². The number of likely N-dealkylation sites (N-methyl/N-ethyl adjacent to an activating group) is 1. The minimum absolute atomic E-state index is 0.000633. The number of piperazine rings is 1. The van der Waals surface area contributed by atoms with Gasteiger partial charge in [-0.05, 0) is 18.7 Å². The number of nitrogens with zero attached hydrogens (tertiary/aromatic N) is 2. The highest BCUT2D eigenvalue weighted by Gasteiger charge is 2.20. The molecule has 1 aliphatic heterocycles. The quantitative estimate of drug-likeness (QED) is 0.888. The first-order valence-corrected chi connectivity index (χ1v) is 8.13. The fourth-order valence-electron chi connectivity index (χ4n) is 2.56. The van der Waals surface area contributed by atoms with Crippen molar-refractivity contribution in [1.29, 1.82) is 0 Å². The average molecular weight is 342 g/mol. The van der Waals surface area contributed by atoms with Crippen LogP contribution in [-0.4, -0.2) is 60.9 Å². The lowest BCUT2D eigenvalue weighted by molar-refractivity contribution is -0.132. The predicted octanol–water partition coefficient (Wildman–Crippen LogP) is 1.76. The van der Waals surface area contributed by atoms with Crippen molar-refractivity contribution in [2.24, 2.45) is 0 Å². The molecular formula is C16H21ClFN3O2. The minimum atomic E-state index is -0.669. The van der Waals surface area contributed by atoms with E-state index in [1.54, 1.807) is 4.90 Å². The molecule has 2 rings (SSSR count). The van der Waals surface area contributed by atoms with E-state index in [9.17, 15) is 14.0 Å². The van der Waals surface area contributed by atoms with Gasteiger partial charge in [0.25, 0.3) is 5.91 Å². The lowest BCUT2D eigenvalue weighted by Crippen LogP contribution is -2.49. The van der Waals surface area contributed by atoms with Crippen LogP contribution in [0.5, 0.6) is 0 Å². The van der Waals surface area contributed by atoms with Crippen LogP contribution in [0.25, 0.3) is 0 Å². The SMILES string of the molecule is CCN1CCN(C(=O)CCNC(=O)c2c(F)cccc2Cl)CC1. The summed E-state index contributed by atoms with van der Waals surface area (Å²) in [5.41, 5.74) is -0.182. The van der Waals surface area contributed by atoms with E-state index in [4.69, 9.17) is 11.6 Å². The van der Waals surface area contributed by atoms with E-state index in [0.29, 0.717) is 13.1 Å². The first-order chi connectivity index (χ1) is 11.0. The van der Waals surface area contributed by atoms with Gasteiger partial charge in [-0.3, -0.25) is 9.59 Å². The molecule has 1 saturated heterocycles. The van der Waals surface area contributed by atoms with Crippen LogP contribution in [0.1, 0.15) is 23.7 Å². The summed E-state index contributed by atoms with van der Waals surface area (Å²) in [7, 11) is 0. The number of nitrogens with one attached hydrogen (secondary N) is 1. The zero-order valence-corrected chi connectivity index (χ0v) is 13.9. The van der Waals surface area contributed by atoms with Gasteiger partial charge >= 0.3 is 0 Å². The third-order valence-electron chi connectivity index (χ3n) is 3.99. The van der Waals surface area contributed by atoms with Crippen molar-refractivity contribution in [3.8, 4) is 0 Å². The van der Waals surface area contributed by atoms with Crippen molar-refractivity contribution in [3.63, 3.8) is 0 Å². The van der Waals surface area contributed by atoms with Gasteiger partial charge in [0.15, 0.2) is 0 Å². The van der Waals surface area contributed by atoms with Crippen molar-refractivity contribution in [1.82, 2.24) is 15.1 Å². The molecular weight excluding hydrogens is 321 g/mol. The smallest absolute Gasteiger partial charge is 0.255 e. The Labute approximate surface area is 140 Å². The number of rotatable bonds is 5. The third kappa shape index (κ3) is 4.65. The molecule has 0 bridgehead atoms. The largest absolute Gasteiger partial charge is 0.351 e. The lowest BCUT2D eigenvalue weighted by atomic mass is 10.2. The molecule has 0 atom stereocenters. The Hall–Kier alpha value is -1.66. The Morgan fingerprint density at radius 2 is 1.96 bits per heavy atom. The Morgan fingerprint density at radius 1 is 1.26 bits per heavy atom. The van der Waals surface area contributed by atoms with Gasteiger partial charge in [-0.15, -0.1) is 0 Å². The summed E-state index contributed by atoms with van der Waals surface area (Å²) in [6.07, 6.45) is 0.198. The molecule has 2 amide bonds. The molecule has 1 aromatic carbocycles. The van der Waals surface area contributed by atoms with E-state index >= 15 is 0 Å². The van der Waals surface area contributed by atoms with Crippen molar-refractivity contribution >= 4 is 23.4 Å². The highest BCUT2D eigenvalue weighted by Crippen LogP contribution is 2.18. The van der Waals surface area contributed by atoms with E-state index in [-0.39, 0.29) is 29.5 Å². The van der Waals surface area contributed by atoms with Gasteiger partial charge in [-0.2, -0.15) is 0 Å². The predicted molar refractivity (Wildman–Crippen MR) is 87.1 cm³/mol. The molecule has 1 aromatic rings. The van der Waals surface area contributed by atoms with Crippen LogP contribution >= 0.6 is 11.6 Å². The lowest BCUT2D eigenvalue weighted by Gasteiger charge is -2.34.